The minimum absolute atomic E-state index is 0.0318. The van der Waals surface area contributed by atoms with Crippen molar-refractivity contribution in [2.75, 3.05) is 7.11 Å². The number of benzene rings is 1. The van der Waals surface area contributed by atoms with Crippen molar-refractivity contribution in [1.29, 1.82) is 0 Å². The topological polar surface area (TPSA) is 107 Å². The van der Waals surface area contributed by atoms with Crippen LogP contribution in [-0.4, -0.2) is 20.7 Å². The van der Waals surface area contributed by atoms with Crippen molar-refractivity contribution in [1.82, 2.24) is 9.88 Å². The van der Waals surface area contributed by atoms with Gasteiger partial charge in [-0.25, -0.2) is 13.1 Å². The summed E-state index contributed by atoms with van der Waals surface area (Å²) in [6.45, 7) is 0.0737. The SMILES string of the molecule is COc1c(CN)cc(Cl)cc1S(=O)(=O)NCc1ccno1. The standard InChI is InChI=1S/C12H14ClN3O4S/c1-19-12-8(6-14)4-9(13)5-11(12)21(17,18)16-7-10-2-3-15-20-10/h2-5,16H,6-7,14H2,1H3. The molecule has 1 aromatic heterocycles. The number of nitrogens with zero attached hydrogens (tertiary/aromatic N) is 1. The lowest BCUT2D eigenvalue weighted by molar-refractivity contribution is 0.379. The number of hydrogen-bond acceptors (Lipinski definition) is 6. The number of sulfonamides is 1. The molecule has 3 N–H and O–H groups in total. The van der Waals surface area contributed by atoms with Crippen LogP contribution in [0.3, 0.4) is 0 Å². The van der Waals surface area contributed by atoms with Gasteiger partial charge in [-0.05, 0) is 12.1 Å². The summed E-state index contributed by atoms with van der Waals surface area (Å²) in [7, 11) is -2.46. The van der Waals surface area contributed by atoms with E-state index in [0.29, 0.717) is 11.3 Å². The molecule has 0 saturated carbocycles. The Morgan fingerprint density at radius 2 is 2.24 bits per heavy atom. The Labute approximate surface area is 127 Å². The first-order chi connectivity index (χ1) is 9.97. The minimum atomic E-state index is -3.84. The molecular weight excluding hydrogens is 318 g/mol. The van der Waals surface area contributed by atoms with Gasteiger partial charge >= 0.3 is 0 Å². The van der Waals surface area contributed by atoms with Gasteiger partial charge in [-0.1, -0.05) is 16.8 Å². The Morgan fingerprint density at radius 3 is 2.81 bits per heavy atom. The molecule has 0 amide bonds. The summed E-state index contributed by atoms with van der Waals surface area (Å²) >= 11 is 5.93. The Kier molecular flexibility index (Phi) is 4.84. The quantitative estimate of drug-likeness (QED) is 0.825. The van der Waals surface area contributed by atoms with Crippen molar-refractivity contribution in [3.63, 3.8) is 0 Å². The molecule has 1 aromatic carbocycles. The second-order valence-corrected chi connectivity index (χ2v) is 6.28. The highest BCUT2D eigenvalue weighted by molar-refractivity contribution is 7.89. The number of hydrogen-bond donors (Lipinski definition) is 2. The van der Waals surface area contributed by atoms with E-state index in [-0.39, 0.29) is 28.8 Å². The fourth-order valence-electron chi connectivity index (χ4n) is 1.78. The lowest BCUT2D eigenvalue weighted by atomic mass is 10.2. The van der Waals surface area contributed by atoms with Gasteiger partial charge in [0.25, 0.3) is 0 Å². The molecule has 0 aliphatic heterocycles. The Balaban J connectivity index is 2.36. The number of halogens is 1. The number of methoxy groups -OCH3 is 1. The zero-order valence-electron chi connectivity index (χ0n) is 11.2. The summed E-state index contributed by atoms with van der Waals surface area (Å²) in [5.41, 5.74) is 6.09. The van der Waals surface area contributed by atoms with Gasteiger partial charge in [-0.2, -0.15) is 0 Å². The highest BCUT2D eigenvalue weighted by atomic mass is 35.5. The van der Waals surface area contributed by atoms with E-state index in [1.165, 1.54) is 19.4 Å². The van der Waals surface area contributed by atoms with Gasteiger partial charge in [-0.15, -0.1) is 0 Å². The van der Waals surface area contributed by atoms with Crippen molar-refractivity contribution in [2.45, 2.75) is 18.0 Å². The Hall–Kier alpha value is -1.61. The summed E-state index contributed by atoms with van der Waals surface area (Å²) in [4.78, 5) is -0.0718. The van der Waals surface area contributed by atoms with Crippen molar-refractivity contribution in [3.05, 3.63) is 40.7 Å². The second-order valence-electron chi connectivity index (χ2n) is 4.10. The molecule has 0 atom stereocenters. The smallest absolute Gasteiger partial charge is 0.244 e. The fraction of sp³-hybridized carbons (Fsp3) is 0.250. The van der Waals surface area contributed by atoms with Crippen molar-refractivity contribution in [2.24, 2.45) is 5.73 Å². The van der Waals surface area contributed by atoms with Crippen LogP contribution >= 0.6 is 11.6 Å². The van der Waals surface area contributed by atoms with E-state index >= 15 is 0 Å². The van der Waals surface area contributed by atoms with Gasteiger partial charge in [-0.3, -0.25) is 0 Å². The van der Waals surface area contributed by atoms with Crippen molar-refractivity contribution >= 4 is 21.6 Å². The number of nitrogens with one attached hydrogen (secondary N) is 1. The van der Waals surface area contributed by atoms with Crippen LogP contribution in [0.5, 0.6) is 5.75 Å². The predicted octanol–water partition coefficient (Wildman–Crippen LogP) is 1.27. The molecule has 0 saturated heterocycles. The molecule has 21 heavy (non-hydrogen) atoms. The summed E-state index contributed by atoms with van der Waals surface area (Å²) in [6.07, 6.45) is 1.43. The van der Waals surface area contributed by atoms with Gasteiger partial charge in [0.2, 0.25) is 10.0 Å². The summed E-state index contributed by atoms with van der Waals surface area (Å²) < 4.78 is 37.1. The number of aromatic nitrogens is 1. The number of rotatable bonds is 6. The molecule has 2 rings (SSSR count). The highest BCUT2D eigenvalue weighted by Gasteiger charge is 2.23. The van der Waals surface area contributed by atoms with E-state index in [1.54, 1.807) is 12.1 Å². The zero-order valence-corrected chi connectivity index (χ0v) is 12.7. The van der Waals surface area contributed by atoms with Crippen LogP contribution in [0.2, 0.25) is 5.02 Å². The monoisotopic (exact) mass is 331 g/mol. The molecule has 0 unspecified atom stereocenters. The first kappa shape index (κ1) is 15.8. The van der Waals surface area contributed by atoms with E-state index in [0.717, 1.165) is 0 Å². The van der Waals surface area contributed by atoms with Crippen LogP contribution in [0, 0.1) is 0 Å². The van der Waals surface area contributed by atoms with Crippen LogP contribution in [-0.2, 0) is 23.1 Å². The number of ether oxygens (including phenoxy) is 1. The predicted molar refractivity (Wildman–Crippen MR) is 76.4 cm³/mol. The zero-order chi connectivity index (χ0) is 15.5. The van der Waals surface area contributed by atoms with E-state index < -0.39 is 10.0 Å². The van der Waals surface area contributed by atoms with Crippen LogP contribution in [0.1, 0.15) is 11.3 Å². The van der Waals surface area contributed by atoms with Gasteiger partial charge < -0.3 is 15.0 Å². The normalized spacial score (nSPS) is 11.6. The molecule has 1 heterocycles. The minimum Gasteiger partial charge on any atom is -0.495 e. The fourth-order valence-corrected chi connectivity index (χ4v) is 3.32. The Morgan fingerprint density at radius 1 is 1.48 bits per heavy atom. The molecule has 114 valence electrons. The first-order valence-electron chi connectivity index (χ1n) is 5.93. The molecule has 0 aliphatic carbocycles. The van der Waals surface area contributed by atoms with Crippen LogP contribution in [0.4, 0.5) is 0 Å². The Bertz CT molecular complexity index is 716. The maximum Gasteiger partial charge on any atom is 0.244 e. The average molecular weight is 332 g/mol. The molecule has 0 aliphatic rings. The van der Waals surface area contributed by atoms with Crippen LogP contribution < -0.4 is 15.2 Å². The highest BCUT2D eigenvalue weighted by Crippen LogP contribution is 2.31. The van der Waals surface area contributed by atoms with Crippen molar-refractivity contribution in [3.8, 4) is 5.75 Å². The van der Waals surface area contributed by atoms with E-state index in [4.69, 9.17) is 26.6 Å². The largest absolute Gasteiger partial charge is 0.495 e. The van der Waals surface area contributed by atoms with E-state index in [2.05, 4.69) is 9.88 Å². The van der Waals surface area contributed by atoms with E-state index in [1.807, 2.05) is 0 Å². The van der Waals surface area contributed by atoms with Crippen molar-refractivity contribution < 1.29 is 17.7 Å². The molecule has 2 aromatic rings. The molecular formula is C12H14ClN3O4S. The summed E-state index contributed by atoms with van der Waals surface area (Å²) in [6, 6.07) is 4.43. The van der Waals surface area contributed by atoms with Gasteiger partial charge in [0.1, 0.15) is 10.6 Å². The maximum absolute atomic E-state index is 12.4. The van der Waals surface area contributed by atoms with Gasteiger partial charge in [0.15, 0.2) is 5.76 Å². The molecule has 0 spiro atoms. The molecule has 0 fully saturated rings. The third kappa shape index (κ3) is 3.53. The lowest BCUT2D eigenvalue weighted by Gasteiger charge is -2.14. The van der Waals surface area contributed by atoms with E-state index in [9.17, 15) is 8.42 Å². The summed E-state index contributed by atoms with van der Waals surface area (Å²) in [5.74, 6) is 0.561. The van der Waals surface area contributed by atoms with Gasteiger partial charge in [0.05, 0.1) is 19.9 Å². The average Bonchev–Trinajstić information content (AvgIpc) is 2.97. The molecule has 7 nitrogen and oxygen atoms in total. The third-order valence-electron chi connectivity index (χ3n) is 2.74. The third-order valence-corrected chi connectivity index (χ3v) is 4.36. The molecule has 0 bridgehead atoms. The number of nitrogens with two attached hydrogens (primary N) is 1. The lowest BCUT2D eigenvalue weighted by Crippen LogP contribution is -2.24. The summed E-state index contributed by atoms with van der Waals surface area (Å²) in [5, 5.41) is 3.76. The van der Waals surface area contributed by atoms with Gasteiger partial charge in [0, 0.05) is 23.2 Å². The molecule has 0 radical (unpaired) electrons. The molecule has 9 heteroatoms. The first-order valence-corrected chi connectivity index (χ1v) is 7.79. The maximum atomic E-state index is 12.4. The van der Waals surface area contributed by atoms with Crippen LogP contribution in [0.15, 0.2) is 33.8 Å². The van der Waals surface area contributed by atoms with Crippen LogP contribution in [0.25, 0.3) is 0 Å². The second kappa shape index (κ2) is 6.44.